The van der Waals surface area contributed by atoms with Crippen LogP contribution in [0.15, 0.2) is 18.2 Å². The first-order chi connectivity index (χ1) is 12.8. The molecule has 1 atom stereocenters. The van der Waals surface area contributed by atoms with Gasteiger partial charge in [-0.25, -0.2) is 14.0 Å². The molecule has 0 saturated heterocycles. The maximum absolute atomic E-state index is 14.3. The van der Waals surface area contributed by atoms with E-state index in [1.807, 2.05) is 0 Å². The molecule has 0 radical (unpaired) electrons. The van der Waals surface area contributed by atoms with Gasteiger partial charge in [0.15, 0.2) is 0 Å². The summed E-state index contributed by atoms with van der Waals surface area (Å²) in [6, 6.07) is 1.72. The van der Waals surface area contributed by atoms with E-state index in [4.69, 9.17) is 33.4 Å². The van der Waals surface area contributed by atoms with E-state index in [2.05, 4.69) is 10.6 Å². The Balaban J connectivity index is 2.78. The zero-order valence-electron chi connectivity index (χ0n) is 14.3. The number of aliphatic carboxylic acids is 2. The number of nitrogens with one attached hydrogen (secondary N) is 2. The third-order valence-electron chi connectivity index (χ3n) is 3.53. The molecule has 11 heteroatoms. The lowest BCUT2D eigenvalue weighted by atomic mass is 10.1. The smallest absolute Gasteiger partial charge is 0.326 e. The maximum Gasteiger partial charge on any atom is 0.326 e. The predicted octanol–water partition coefficient (Wildman–Crippen LogP) is 2.55. The van der Waals surface area contributed by atoms with Crippen molar-refractivity contribution in [2.75, 3.05) is 35.1 Å². The largest absolute Gasteiger partial charge is 0.481 e. The zero-order valence-corrected chi connectivity index (χ0v) is 15.8. The third-order valence-corrected chi connectivity index (χ3v) is 3.86. The molecule has 0 aliphatic heterocycles. The van der Waals surface area contributed by atoms with Gasteiger partial charge in [-0.3, -0.25) is 4.79 Å². The standard InChI is InChI=1S/C16H20Cl2FN3O5/c17-5-7-22(8-6-18)10-1-2-12(11(19)9-10)20-16(27)21-13(15(25)26)3-4-14(23)24/h1-2,9,13H,3-8H2,(H,23,24)(H,25,26)(H2,20,21,27)/t13-/m0/s1. The van der Waals surface area contributed by atoms with Gasteiger partial charge >= 0.3 is 18.0 Å². The second-order valence-electron chi connectivity index (χ2n) is 5.45. The Hall–Kier alpha value is -2.26. The minimum absolute atomic E-state index is 0.157. The highest BCUT2D eigenvalue weighted by atomic mass is 35.5. The van der Waals surface area contributed by atoms with Crippen molar-refractivity contribution in [2.24, 2.45) is 0 Å². The van der Waals surface area contributed by atoms with E-state index in [1.54, 1.807) is 11.0 Å². The third kappa shape index (κ3) is 7.88. The zero-order chi connectivity index (χ0) is 20.4. The van der Waals surface area contributed by atoms with Gasteiger partial charge in [-0.2, -0.15) is 0 Å². The quantitative estimate of drug-likeness (QED) is 0.406. The lowest BCUT2D eigenvalue weighted by molar-refractivity contribution is -0.140. The van der Waals surface area contributed by atoms with Gasteiger partial charge in [-0.15, -0.1) is 23.2 Å². The molecule has 27 heavy (non-hydrogen) atoms. The van der Waals surface area contributed by atoms with Crippen LogP contribution in [-0.4, -0.2) is 59.1 Å². The fraction of sp³-hybridized carbons (Fsp3) is 0.438. The highest BCUT2D eigenvalue weighted by Gasteiger charge is 2.21. The number of benzene rings is 1. The van der Waals surface area contributed by atoms with Crippen LogP contribution in [0.5, 0.6) is 0 Å². The van der Waals surface area contributed by atoms with Crippen LogP contribution in [0, 0.1) is 5.82 Å². The average molecular weight is 424 g/mol. The number of amides is 2. The number of carbonyl (C=O) groups is 3. The molecule has 0 spiro atoms. The normalized spacial score (nSPS) is 11.5. The molecular weight excluding hydrogens is 404 g/mol. The molecule has 4 N–H and O–H groups in total. The fourth-order valence-electron chi connectivity index (χ4n) is 2.22. The van der Waals surface area contributed by atoms with Crippen molar-refractivity contribution in [3.63, 3.8) is 0 Å². The van der Waals surface area contributed by atoms with Crippen LogP contribution in [0.25, 0.3) is 0 Å². The van der Waals surface area contributed by atoms with Crippen LogP contribution in [-0.2, 0) is 9.59 Å². The second-order valence-corrected chi connectivity index (χ2v) is 6.21. The molecule has 8 nitrogen and oxygen atoms in total. The van der Waals surface area contributed by atoms with E-state index in [-0.39, 0.29) is 12.1 Å². The summed E-state index contributed by atoms with van der Waals surface area (Å²) in [6.07, 6.45) is -0.734. The molecule has 1 aromatic carbocycles. The van der Waals surface area contributed by atoms with Crippen molar-refractivity contribution in [2.45, 2.75) is 18.9 Å². The van der Waals surface area contributed by atoms with Crippen LogP contribution < -0.4 is 15.5 Å². The van der Waals surface area contributed by atoms with Crippen LogP contribution >= 0.6 is 23.2 Å². The molecule has 0 aliphatic carbocycles. The van der Waals surface area contributed by atoms with Gasteiger partial charge in [0, 0.05) is 37.0 Å². The molecule has 0 aromatic heterocycles. The topological polar surface area (TPSA) is 119 Å². The first-order valence-electron chi connectivity index (χ1n) is 7.97. The molecule has 0 heterocycles. The summed E-state index contributed by atoms with van der Waals surface area (Å²) >= 11 is 11.4. The minimum Gasteiger partial charge on any atom is -0.481 e. The molecule has 0 unspecified atom stereocenters. The van der Waals surface area contributed by atoms with Gasteiger partial charge in [0.25, 0.3) is 0 Å². The summed E-state index contributed by atoms with van der Waals surface area (Å²) in [4.78, 5) is 35.3. The Morgan fingerprint density at radius 3 is 2.26 bits per heavy atom. The van der Waals surface area contributed by atoms with Gasteiger partial charge in [0.2, 0.25) is 0 Å². The lowest BCUT2D eigenvalue weighted by Crippen LogP contribution is -2.43. The Morgan fingerprint density at radius 1 is 1.15 bits per heavy atom. The van der Waals surface area contributed by atoms with Crippen molar-refractivity contribution in [1.29, 1.82) is 0 Å². The summed E-state index contributed by atoms with van der Waals surface area (Å²) in [6.45, 7) is 0.926. The van der Waals surface area contributed by atoms with E-state index in [9.17, 15) is 18.8 Å². The first kappa shape index (κ1) is 22.8. The highest BCUT2D eigenvalue weighted by Crippen LogP contribution is 2.22. The van der Waals surface area contributed by atoms with Crippen LogP contribution in [0.4, 0.5) is 20.6 Å². The van der Waals surface area contributed by atoms with Crippen molar-refractivity contribution in [1.82, 2.24) is 5.32 Å². The number of urea groups is 1. The SMILES string of the molecule is O=C(O)CC[C@H](NC(=O)Nc1ccc(N(CCCl)CCCl)cc1F)C(=O)O. The summed E-state index contributed by atoms with van der Waals surface area (Å²) in [5.74, 6) is -2.65. The molecule has 1 aromatic rings. The van der Waals surface area contributed by atoms with E-state index in [1.165, 1.54) is 12.1 Å². The molecule has 0 fully saturated rings. The number of halogens is 3. The predicted molar refractivity (Wildman–Crippen MR) is 101 cm³/mol. The first-order valence-corrected chi connectivity index (χ1v) is 9.04. The maximum atomic E-state index is 14.3. The van der Waals surface area contributed by atoms with E-state index < -0.39 is 36.2 Å². The Morgan fingerprint density at radius 2 is 1.78 bits per heavy atom. The van der Waals surface area contributed by atoms with E-state index >= 15 is 0 Å². The Bertz CT molecular complexity index is 671. The Labute approximate surface area is 165 Å². The highest BCUT2D eigenvalue weighted by molar-refractivity contribution is 6.18. The van der Waals surface area contributed by atoms with Crippen molar-refractivity contribution >= 4 is 52.5 Å². The van der Waals surface area contributed by atoms with Crippen LogP contribution in [0.3, 0.4) is 0 Å². The van der Waals surface area contributed by atoms with Crippen molar-refractivity contribution in [3.8, 4) is 0 Å². The van der Waals surface area contributed by atoms with Gasteiger partial charge in [-0.1, -0.05) is 0 Å². The van der Waals surface area contributed by atoms with Gasteiger partial charge in [0.05, 0.1) is 5.69 Å². The monoisotopic (exact) mass is 423 g/mol. The summed E-state index contributed by atoms with van der Waals surface area (Å²) in [5, 5.41) is 21.9. The minimum atomic E-state index is -1.41. The molecular formula is C16H20Cl2FN3O5. The summed E-state index contributed by atoms with van der Waals surface area (Å²) in [7, 11) is 0. The molecule has 0 aliphatic rings. The average Bonchev–Trinajstić information content (AvgIpc) is 2.59. The number of carbonyl (C=O) groups excluding carboxylic acids is 1. The second kappa shape index (κ2) is 11.5. The van der Waals surface area contributed by atoms with Crippen LogP contribution in [0.1, 0.15) is 12.8 Å². The molecule has 150 valence electrons. The van der Waals surface area contributed by atoms with Gasteiger partial charge in [-0.05, 0) is 24.6 Å². The number of nitrogens with zero attached hydrogens (tertiary/aromatic N) is 1. The number of rotatable bonds is 11. The Kier molecular flexibility index (Phi) is 9.66. The summed E-state index contributed by atoms with van der Waals surface area (Å²) < 4.78 is 14.3. The van der Waals surface area contributed by atoms with Gasteiger partial charge < -0.3 is 25.7 Å². The van der Waals surface area contributed by atoms with Gasteiger partial charge in [0.1, 0.15) is 11.9 Å². The fourth-order valence-corrected chi connectivity index (χ4v) is 2.63. The number of hydrogen-bond donors (Lipinski definition) is 4. The number of alkyl halides is 2. The van der Waals surface area contributed by atoms with Crippen molar-refractivity contribution < 1.29 is 29.0 Å². The van der Waals surface area contributed by atoms with Crippen LogP contribution in [0.2, 0.25) is 0 Å². The van der Waals surface area contributed by atoms with Crippen molar-refractivity contribution in [3.05, 3.63) is 24.0 Å². The number of carboxylic acid groups (broad SMARTS) is 2. The lowest BCUT2D eigenvalue weighted by Gasteiger charge is -2.23. The number of anilines is 2. The van der Waals surface area contributed by atoms with E-state index in [0.29, 0.717) is 30.5 Å². The summed E-state index contributed by atoms with van der Waals surface area (Å²) in [5.41, 5.74) is 0.375. The number of carboxylic acids is 2. The molecule has 0 saturated carbocycles. The van der Waals surface area contributed by atoms with E-state index in [0.717, 1.165) is 0 Å². The molecule has 0 bridgehead atoms. The number of hydrogen-bond acceptors (Lipinski definition) is 4. The molecule has 1 rings (SSSR count). The molecule has 2 amide bonds.